The summed E-state index contributed by atoms with van der Waals surface area (Å²) >= 11 is 6.14. The number of rotatable bonds is 7. The van der Waals surface area contributed by atoms with Crippen molar-refractivity contribution in [2.45, 2.75) is 43.2 Å². The Morgan fingerprint density at radius 3 is 2.57 bits per heavy atom. The molecule has 9 nitrogen and oxygen atoms in total. The molecule has 1 aliphatic rings. The monoisotopic (exact) mass is 454 g/mol. The first kappa shape index (κ1) is 22.3. The third-order valence-electron chi connectivity index (χ3n) is 5.07. The number of halogens is 1. The summed E-state index contributed by atoms with van der Waals surface area (Å²) in [5.41, 5.74) is 0.986. The molecule has 30 heavy (non-hydrogen) atoms. The van der Waals surface area contributed by atoms with E-state index in [1.54, 1.807) is 24.3 Å². The maximum Gasteiger partial charge on any atom is 0.326 e. The van der Waals surface area contributed by atoms with Crippen molar-refractivity contribution < 1.29 is 23.1 Å². The number of amides is 1. The van der Waals surface area contributed by atoms with Crippen LogP contribution in [-0.2, 0) is 33.1 Å². The minimum absolute atomic E-state index is 0.0361. The predicted octanol–water partition coefficient (Wildman–Crippen LogP) is 1.35. The second kappa shape index (κ2) is 8.75. The van der Waals surface area contributed by atoms with E-state index >= 15 is 0 Å². The largest absolute Gasteiger partial charge is 0.480 e. The molecule has 1 aliphatic heterocycles. The standard InChI is InChI=1S/C19H23ClN4O5S/c1-12-16(17(20)23(2)22-12)30(28,29)24-10-6-9-15(24)18(25)21-14(19(26)27)11-13-7-4-3-5-8-13/h3-5,7-8,14-15H,6,9-11H2,1-2H3,(H,21,25)(H,26,27)/t14-,15-/m0/s1. The summed E-state index contributed by atoms with van der Waals surface area (Å²) in [5, 5.41) is 16.0. The highest BCUT2D eigenvalue weighted by Crippen LogP contribution is 2.32. The summed E-state index contributed by atoms with van der Waals surface area (Å²) in [4.78, 5) is 24.4. The molecular formula is C19H23ClN4O5S. The average molecular weight is 455 g/mol. The smallest absolute Gasteiger partial charge is 0.326 e. The first-order valence-corrected chi connectivity index (χ1v) is 11.2. The zero-order valence-electron chi connectivity index (χ0n) is 16.6. The van der Waals surface area contributed by atoms with Gasteiger partial charge in [-0.05, 0) is 25.3 Å². The van der Waals surface area contributed by atoms with Gasteiger partial charge < -0.3 is 10.4 Å². The van der Waals surface area contributed by atoms with Crippen molar-refractivity contribution in [3.63, 3.8) is 0 Å². The van der Waals surface area contributed by atoms with Crippen LogP contribution in [0.25, 0.3) is 0 Å². The van der Waals surface area contributed by atoms with E-state index in [4.69, 9.17) is 11.6 Å². The topological polar surface area (TPSA) is 122 Å². The van der Waals surface area contributed by atoms with E-state index in [1.807, 2.05) is 6.07 Å². The number of nitrogens with zero attached hydrogens (tertiary/aromatic N) is 3. The summed E-state index contributed by atoms with van der Waals surface area (Å²) in [6.07, 6.45) is 0.860. The van der Waals surface area contributed by atoms with E-state index in [0.29, 0.717) is 12.8 Å². The van der Waals surface area contributed by atoms with Gasteiger partial charge in [-0.25, -0.2) is 13.2 Å². The number of carboxylic acid groups (broad SMARTS) is 1. The van der Waals surface area contributed by atoms with Crippen LogP contribution >= 0.6 is 11.6 Å². The number of nitrogens with one attached hydrogen (secondary N) is 1. The van der Waals surface area contributed by atoms with E-state index in [-0.39, 0.29) is 28.7 Å². The van der Waals surface area contributed by atoms with Crippen molar-refractivity contribution in [3.05, 3.63) is 46.7 Å². The van der Waals surface area contributed by atoms with Gasteiger partial charge in [0.25, 0.3) is 0 Å². The number of carbonyl (C=O) groups excluding carboxylic acids is 1. The Labute approximate surface area is 179 Å². The first-order chi connectivity index (χ1) is 14.1. The summed E-state index contributed by atoms with van der Waals surface area (Å²) < 4.78 is 28.8. The maximum absolute atomic E-state index is 13.2. The molecule has 1 amide bonds. The van der Waals surface area contributed by atoms with Gasteiger partial charge in [-0.1, -0.05) is 41.9 Å². The van der Waals surface area contributed by atoms with E-state index in [1.165, 1.54) is 18.7 Å². The summed E-state index contributed by atoms with van der Waals surface area (Å²) in [6.45, 7) is 1.67. The second-order valence-corrected chi connectivity index (χ2v) is 9.38. The Morgan fingerprint density at radius 2 is 2.00 bits per heavy atom. The summed E-state index contributed by atoms with van der Waals surface area (Å²) in [7, 11) is -2.55. The third kappa shape index (κ3) is 4.35. The average Bonchev–Trinajstić information content (AvgIpc) is 3.27. The summed E-state index contributed by atoms with van der Waals surface area (Å²) in [6, 6.07) is 6.72. The van der Waals surface area contributed by atoms with Gasteiger partial charge in [0.2, 0.25) is 15.9 Å². The molecule has 0 spiro atoms. The van der Waals surface area contributed by atoms with E-state index in [2.05, 4.69) is 10.4 Å². The van der Waals surface area contributed by atoms with E-state index < -0.39 is 34.0 Å². The Balaban J connectivity index is 1.82. The van der Waals surface area contributed by atoms with Crippen LogP contribution in [0.5, 0.6) is 0 Å². The van der Waals surface area contributed by atoms with Crippen LogP contribution in [-0.4, -0.2) is 58.1 Å². The molecule has 1 aromatic carbocycles. The van der Waals surface area contributed by atoms with Crippen LogP contribution in [0.2, 0.25) is 5.15 Å². The van der Waals surface area contributed by atoms with Crippen LogP contribution in [0.15, 0.2) is 35.2 Å². The number of carboxylic acids is 1. The van der Waals surface area contributed by atoms with Crippen molar-refractivity contribution in [1.29, 1.82) is 0 Å². The second-order valence-electron chi connectivity index (χ2n) is 7.19. The van der Waals surface area contributed by atoms with Crippen LogP contribution in [0, 0.1) is 6.92 Å². The highest BCUT2D eigenvalue weighted by molar-refractivity contribution is 7.89. The molecule has 0 radical (unpaired) electrons. The van der Waals surface area contributed by atoms with Crippen LogP contribution in [0.3, 0.4) is 0 Å². The van der Waals surface area contributed by atoms with Crippen molar-refractivity contribution in [2.75, 3.05) is 6.54 Å². The van der Waals surface area contributed by atoms with Gasteiger partial charge in [0.05, 0.1) is 5.69 Å². The number of aliphatic carboxylic acids is 1. The quantitative estimate of drug-likeness (QED) is 0.651. The van der Waals surface area contributed by atoms with Crippen LogP contribution < -0.4 is 5.32 Å². The highest BCUT2D eigenvalue weighted by atomic mass is 35.5. The van der Waals surface area contributed by atoms with Crippen LogP contribution in [0.4, 0.5) is 0 Å². The fraction of sp³-hybridized carbons (Fsp3) is 0.421. The third-order valence-corrected chi connectivity index (χ3v) is 7.68. The molecule has 1 aromatic heterocycles. The van der Waals surface area contributed by atoms with Gasteiger partial charge in [-0.15, -0.1) is 0 Å². The summed E-state index contributed by atoms with van der Waals surface area (Å²) in [5.74, 6) is -1.83. The molecule has 0 unspecified atom stereocenters. The van der Waals surface area contributed by atoms with Gasteiger partial charge in [-0.2, -0.15) is 9.40 Å². The van der Waals surface area contributed by atoms with Crippen molar-refractivity contribution >= 4 is 33.5 Å². The molecule has 3 rings (SSSR count). The normalized spacial score (nSPS) is 18.3. The maximum atomic E-state index is 13.2. The Bertz CT molecular complexity index is 1050. The lowest BCUT2D eigenvalue weighted by atomic mass is 10.1. The molecule has 1 saturated heterocycles. The van der Waals surface area contributed by atoms with Gasteiger partial charge in [0.15, 0.2) is 0 Å². The van der Waals surface area contributed by atoms with Crippen molar-refractivity contribution in [2.24, 2.45) is 7.05 Å². The van der Waals surface area contributed by atoms with Gasteiger partial charge in [0, 0.05) is 20.0 Å². The fourth-order valence-corrected chi connectivity index (χ4v) is 5.99. The lowest BCUT2D eigenvalue weighted by Gasteiger charge is -2.25. The molecule has 2 N–H and O–H groups in total. The van der Waals surface area contributed by atoms with Crippen molar-refractivity contribution in [1.82, 2.24) is 19.4 Å². The van der Waals surface area contributed by atoms with Crippen LogP contribution in [0.1, 0.15) is 24.1 Å². The van der Waals surface area contributed by atoms with Crippen molar-refractivity contribution in [3.8, 4) is 0 Å². The molecule has 1 fully saturated rings. The lowest BCUT2D eigenvalue weighted by molar-refractivity contribution is -0.142. The van der Waals surface area contributed by atoms with E-state index in [0.717, 1.165) is 9.87 Å². The van der Waals surface area contributed by atoms with Gasteiger partial charge in [0.1, 0.15) is 22.1 Å². The molecule has 11 heteroatoms. The fourth-order valence-electron chi connectivity index (χ4n) is 3.63. The highest BCUT2D eigenvalue weighted by Gasteiger charge is 2.42. The Kier molecular flexibility index (Phi) is 6.49. The molecular weight excluding hydrogens is 432 g/mol. The van der Waals surface area contributed by atoms with E-state index in [9.17, 15) is 23.1 Å². The molecule has 0 bridgehead atoms. The zero-order chi connectivity index (χ0) is 22.1. The number of aryl methyl sites for hydroxylation is 2. The molecule has 2 heterocycles. The minimum Gasteiger partial charge on any atom is -0.480 e. The first-order valence-electron chi connectivity index (χ1n) is 9.41. The molecule has 162 valence electrons. The molecule has 2 atom stereocenters. The Morgan fingerprint density at radius 1 is 1.33 bits per heavy atom. The Hall–Kier alpha value is -2.43. The number of aromatic nitrogens is 2. The van der Waals surface area contributed by atoms with Gasteiger partial charge in [-0.3, -0.25) is 9.48 Å². The number of carbonyl (C=O) groups is 2. The number of benzene rings is 1. The molecule has 0 aliphatic carbocycles. The SMILES string of the molecule is Cc1nn(C)c(Cl)c1S(=O)(=O)N1CCC[C@H]1C(=O)N[C@@H](Cc1ccccc1)C(=O)O. The predicted molar refractivity (Wildman–Crippen MR) is 110 cm³/mol. The van der Waals surface area contributed by atoms with Gasteiger partial charge >= 0.3 is 5.97 Å². The lowest BCUT2D eigenvalue weighted by Crippen LogP contribution is -2.51. The molecule has 0 saturated carbocycles. The molecule has 2 aromatic rings. The number of hydrogen-bond donors (Lipinski definition) is 2. The number of sulfonamides is 1. The minimum atomic E-state index is -4.08. The zero-order valence-corrected chi connectivity index (χ0v) is 18.2. The number of hydrogen-bond acceptors (Lipinski definition) is 5.